The summed E-state index contributed by atoms with van der Waals surface area (Å²) < 4.78 is 13.1. The normalized spacial score (nSPS) is 17.6. The summed E-state index contributed by atoms with van der Waals surface area (Å²) in [5.74, 6) is -2.06. The third-order valence-electron chi connectivity index (χ3n) is 4.87. The zero-order valence-corrected chi connectivity index (χ0v) is 15.3. The van der Waals surface area contributed by atoms with Crippen molar-refractivity contribution in [2.45, 2.75) is 18.9 Å². The summed E-state index contributed by atoms with van der Waals surface area (Å²) in [6.45, 7) is 0.764. The SMILES string of the molecule is NC(=O)C(NC(=O)C1CCCN(C(=O)c2ccc(F)cc2)C1)c1ccccc1. The van der Waals surface area contributed by atoms with Crippen molar-refractivity contribution in [3.05, 3.63) is 71.5 Å². The molecular formula is C21H22FN3O3. The van der Waals surface area contributed by atoms with Crippen molar-refractivity contribution in [1.82, 2.24) is 10.2 Å². The fourth-order valence-corrected chi connectivity index (χ4v) is 3.37. The molecular weight excluding hydrogens is 361 g/mol. The third-order valence-corrected chi connectivity index (χ3v) is 4.87. The number of carbonyl (C=O) groups is 3. The Labute approximate surface area is 162 Å². The number of hydrogen-bond donors (Lipinski definition) is 2. The number of nitrogens with zero attached hydrogens (tertiary/aromatic N) is 1. The first-order valence-corrected chi connectivity index (χ1v) is 9.15. The molecule has 0 saturated carbocycles. The van der Waals surface area contributed by atoms with Crippen molar-refractivity contribution in [2.24, 2.45) is 11.7 Å². The summed E-state index contributed by atoms with van der Waals surface area (Å²) in [7, 11) is 0. The number of halogens is 1. The number of nitrogens with two attached hydrogens (primary N) is 1. The molecule has 3 rings (SSSR count). The fraction of sp³-hybridized carbons (Fsp3) is 0.286. The molecule has 0 aromatic heterocycles. The van der Waals surface area contributed by atoms with Gasteiger partial charge in [0.05, 0.1) is 5.92 Å². The molecule has 1 saturated heterocycles. The number of nitrogens with one attached hydrogen (secondary N) is 1. The van der Waals surface area contributed by atoms with Crippen LogP contribution in [-0.4, -0.2) is 35.7 Å². The van der Waals surface area contributed by atoms with Gasteiger partial charge in [0.1, 0.15) is 11.9 Å². The van der Waals surface area contributed by atoms with Crippen LogP contribution in [0, 0.1) is 11.7 Å². The van der Waals surface area contributed by atoms with E-state index in [1.54, 1.807) is 29.2 Å². The van der Waals surface area contributed by atoms with Gasteiger partial charge >= 0.3 is 0 Å². The lowest BCUT2D eigenvalue weighted by Crippen LogP contribution is -2.47. The summed E-state index contributed by atoms with van der Waals surface area (Å²) in [4.78, 5) is 38.8. The molecule has 0 aliphatic carbocycles. The van der Waals surface area contributed by atoms with Gasteiger partial charge in [-0.15, -0.1) is 0 Å². The Balaban J connectivity index is 1.67. The monoisotopic (exact) mass is 383 g/mol. The van der Waals surface area contributed by atoms with Crippen LogP contribution in [0.3, 0.4) is 0 Å². The highest BCUT2D eigenvalue weighted by Crippen LogP contribution is 2.21. The minimum absolute atomic E-state index is 0.238. The molecule has 2 aromatic carbocycles. The molecule has 7 heteroatoms. The van der Waals surface area contributed by atoms with Gasteiger partial charge in [-0.3, -0.25) is 14.4 Å². The van der Waals surface area contributed by atoms with Gasteiger partial charge < -0.3 is 16.0 Å². The average molecular weight is 383 g/mol. The second-order valence-corrected chi connectivity index (χ2v) is 6.85. The van der Waals surface area contributed by atoms with E-state index in [0.29, 0.717) is 30.5 Å². The van der Waals surface area contributed by atoms with E-state index in [9.17, 15) is 18.8 Å². The molecule has 3 amide bonds. The highest BCUT2D eigenvalue weighted by molar-refractivity contribution is 5.95. The van der Waals surface area contributed by atoms with Crippen LogP contribution in [0.25, 0.3) is 0 Å². The fourth-order valence-electron chi connectivity index (χ4n) is 3.37. The maximum absolute atomic E-state index is 13.1. The van der Waals surface area contributed by atoms with Crippen molar-refractivity contribution in [3.8, 4) is 0 Å². The number of benzene rings is 2. The predicted molar refractivity (Wildman–Crippen MR) is 102 cm³/mol. The quantitative estimate of drug-likeness (QED) is 0.827. The molecule has 3 N–H and O–H groups in total. The van der Waals surface area contributed by atoms with Crippen molar-refractivity contribution in [3.63, 3.8) is 0 Å². The van der Waals surface area contributed by atoms with Crippen LogP contribution in [0.4, 0.5) is 4.39 Å². The molecule has 0 radical (unpaired) electrons. The van der Waals surface area contributed by atoms with Crippen LogP contribution in [-0.2, 0) is 9.59 Å². The number of carbonyl (C=O) groups excluding carboxylic acids is 3. The number of likely N-dealkylation sites (tertiary alicyclic amines) is 1. The number of rotatable bonds is 5. The Morgan fingerprint density at radius 2 is 1.75 bits per heavy atom. The van der Waals surface area contributed by atoms with Crippen molar-refractivity contribution in [1.29, 1.82) is 0 Å². The van der Waals surface area contributed by atoms with E-state index in [0.717, 1.165) is 0 Å². The van der Waals surface area contributed by atoms with Gasteiger partial charge in [0.15, 0.2) is 0 Å². The minimum Gasteiger partial charge on any atom is -0.368 e. The van der Waals surface area contributed by atoms with Crippen molar-refractivity contribution in [2.75, 3.05) is 13.1 Å². The van der Waals surface area contributed by atoms with E-state index in [-0.39, 0.29) is 18.4 Å². The summed E-state index contributed by atoms with van der Waals surface area (Å²) in [5, 5.41) is 2.71. The summed E-state index contributed by atoms with van der Waals surface area (Å²) in [6, 6.07) is 13.2. The van der Waals surface area contributed by atoms with E-state index < -0.39 is 23.7 Å². The molecule has 0 spiro atoms. The van der Waals surface area contributed by atoms with Gasteiger partial charge in [0.2, 0.25) is 11.8 Å². The Hall–Kier alpha value is -3.22. The second kappa shape index (κ2) is 8.65. The van der Waals surface area contributed by atoms with Crippen LogP contribution in [0.1, 0.15) is 34.8 Å². The number of hydrogen-bond acceptors (Lipinski definition) is 3. The second-order valence-electron chi connectivity index (χ2n) is 6.85. The molecule has 0 bridgehead atoms. The molecule has 2 atom stereocenters. The third kappa shape index (κ3) is 4.54. The van der Waals surface area contributed by atoms with Crippen LogP contribution < -0.4 is 11.1 Å². The Bertz CT molecular complexity index is 855. The van der Waals surface area contributed by atoms with Gasteiger partial charge in [0.25, 0.3) is 5.91 Å². The minimum atomic E-state index is -0.920. The number of piperidine rings is 1. The Morgan fingerprint density at radius 3 is 2.39 bits per heavy atom. The highest BCUT2D eigenvalue weighted by Gasteiger charge is 2.31. The van der Waals surface area contributed by atoms with Crippen LogP contribution in [0.5, 0.6) is 0 Å². The summed E-state index contributed by atoms with van der Waals surface area (Å²) in [6.07, 6.45) is 1.27. The molecule has 146 valence electrons. The molecule has 28 heavy (non-hydrogen) atoms. The van der Waals surface area contributed by atoms with Crippen LogP contribution in [0.2, 0.25) is 0 Å². The van der Waals surface area contributed by atoms with E-state index >= 15 is 0 Å². The molecule has 1 aliphatic heterocycles. The first-order chi connectivity index (χ1) is 13.5. The van der Waals surface area contributed by atoms with Gasteiger partial charge in [0, 0.05) is 18.7 Å². The van der Waals surface area contributed by atoms with E-state index in [4.69, 9.17) is 5.73 Å². The smallest absolute Gasteiger partial charge is 0.253 e. The lowest BCUT2D eigenvalue weighted by atomic mass is 9.95. The topological polar surface area (TPSA) is 92.5 Å². The van der Waals surface area contributed by atoms with E-state index in [2.05, 4.69) is 5.32 Å². The van der Waals surface area contributed by atoms with Gasteiger partial charge in [-0.25, -0.2) is 4.39 Å². The Kier molecular flexibility index (Phi) is 6.03. The zero-order valence-electron chi connectivity index (χ0n) is 15.3. The lowest BCUT2D eigenvalue weighted by molar-refractivity contribution is -0.131. The van der Waals surface area contributed by atoms with Crippen molar-refractivity contribution < 1.29 is 18.8 Å². The molecule has 6 nitrogen and oxygen atoms in total. The van der Waals surface area contributed by atoms with Crippen LogP contribution in [0.15, 0.2) is 54.6 Å². The number of primary amides is 1. The molecule has 1 heterocycles. The maximum atomic E-state index is 13.1. The largest absolute Gasteiger partial charge is 0.368 e. The maximum Gasteiger partial charge on any atom is 0.253 e. The zero-order chi connectivity index (χ0) is 20.1. The van der Waals surface area contributed by atoms with E-state index in [1.165, 1.54) is 24.3 Å². The average Bonchev–Trinajstić information content (AvgIpc) is 2.72. The predicted octanol–water partition coefficient (Wildman–Crippen LogP) is 2.02. The summed E-state index contributed by atoms with van der Waals surface area (Å²) in [5.41, 5.74) is 6.45. The van der Waals surface area contributed by atoms with Crippen LogP contribution >= 0.6 is 0 Å². The standard InChI is InChI=1S/C21H22FN3O3/c22-17-10-8-15(9-11-17)21(28)25-12-4-7-16(13-25)20(27)24-18(19(23)26)14-5-2-1-3-6-14/h1-3,5-6,8-11,16,18H,4,7,12-13H2,(H2,23,26)(H,24,27). The van der Waals surface area contributed by atoms with Gasteiger partial charge in [-0.05, 0) is 42.7 Å². The molecule has 1 aliphatic rings. The highest BCUT2D eigenvalue weighted by atomic mass is 19.1. The molecule has 2 aromatic rings. The first kappa shape index (κ1) is 19.5. The first-order valence-electron chi connectivity index (χ1n) is 9.15. The summed E-state index contributed by atoms with van der Waals surface area (Å²) >= 11 is 0. The Morgan fingerprint density at radius 1 is 1.07 bits per heavy atom. The number of amides is 3. The van der Waals surface area contributed by atoms with E-state index in [1.807, 2.05) is 6.07 Å². The lowest BCUT2D eigenvalue weighted by Gasteiger charge is -2.32. The van der Waals surface area contributed by atoms with Gasteiger partial charge in [-0.2, -0.15) is 0 Å². The van der Waals surface area contributed by atoms with Gasteiger partial charge in [-0.1, -0.05) is 30.3 Å². The molecule has 2 unspecified atom stereocenters. The molecule has 1 fully saturated rings. The van der Waals surface area contributed by atoms with Crippen molar-refractivity contribution >= 4 is 17.7 Å².